The van der Waals surface area contributed by atoms with Crippen LogP contribution in [0.15, 0.2) is 18.3 Å². The molecule has 1 rings (SSSR count). The van der Waals surface area contributed by atoms with E-state index in [9.17, 15) is 9.59 Å². The summed E-state index contributed by atoms with van der Waals surface area (Å²) >= 11 is 0. The standard InChI is InChI=1S/C13H18N2O3/c1-9-10(5-4-6-14-9)15-11(16)7-13(2,3)8-12(17)18/h4-6H,7-8H2,1-3H3,(H,15,16)(H,17,18). The maximum Gasteiger partial charge on any atom is 0.303 e. The molecule has 0 bridgehead atoms. The predicted molar refractivity (Wildman–Crippen MR) is 68.3 cm³/mol. The van der Waals surface area contributed by atoms with Crippen LogP contribution in [0.3, 0.4) is 0 Å². The van der Waals surface area contributed by atoms with Gasteiger partial charge in [0.2, 0.25) is 5.91 Å². The van der Waals surface area contributed by atoms with E-state index in [2.05, 4.69) is 10.3 Å². The Morgan fingerprint density at radius 3 is 2.61 bits per heavy atom. The lowest BCUT2D eigenvalue weighted by Gasteiger charge is -2.21. The van der Waals surface area contributed by atoms with Gasteiger partial charge in [0, 0.05) is 12.6 Å². The van der Waals surface area contributed by atoms with E-state index in [0.29, 0.717) is 5.69 Å². The Hall–Kier alpha value is -1.91. The van der Waals surface area contributed by atoms with Crippen LogP contribution in [0, 0.1) is 12.3 Å². The molecule has 0 saturated carbocycles. The van der Waals surface area contributed by atoms with Crippen LogP contribution in [-0.4, -0.2) is 22.0 Å². The van der Waals surface area contributed by atoms with E-state index >= 15 is 0 Å². The number of rotatable bonds is 5. The highest BCUT2D eigenvalue weighted by molar-refractivity contribution is 5.91. The van der Waals surface area contributed by atoms with Crippen molar-refractivity contribution in [2.45, 2.75) is 33.6 Å². The van der Waals surface area contributed by atoms with Gasteiger partial charge in [0.1, 0.15) is 0 Å². The zero-order valence-electron chi connectivity index (χ0n) is 10.9. The van der Waals surface area contributed by atoms with Gasteiger partial charge in [-0.15, -0.1) is 0 Å². The van der Waals surface area contributed by atoms with Crippen molar-refractivity contribution >= 4 is 17.6 Å². The molecule has 0 radical (unpaired) electrons. The predicted octanol–water partition coefficient (Wildman–Crippen LogP) is 2.22. The van der Waals surface area contributed by atoms with Crippen LogP contribution in [-0.2, 0) is 9.59 Å². The molecule has 1 aromatic rings. The summed E-state index contributed by atoms with van der Waals surface area (Å²) < 4.78 is 0. The van der Waals surface area contributed by atoms with Crippen molar-refractivity contribution in [3.05, 3.63) is 24.0 Å². The number of pyridine rings is 1. The molecular formula is C13H18N2O3. The Morgan fingerprint density at radius 2 is 2.06 bits per heavy atom. The molecule has 2 N–H and O–H groups in total. The van der Waals surface area contributed by atoms with Crippen LogP contribution < -0.4 is 5.32 Å². The minimum absolute atomic E-state index is 0.0353. The molecule has 0 fully saturated rings. The highest BCUT2D eigenvalue weighted by atomic mass is 16.4. The van der Waals surface area contributed by atoms with Gasteiger partial charge in [0.15, 0.2) is 0 Å². The third-order valence-electron chi connectivity index (χ3n) is 2.55. The number of amides is 1. The van der Waals surface area contributed by atoms with E-state index in [-0.39, 0.29) is 18.7 Å². The number of aryl methyl sites for hydroxylation is 1. The second kappa shape index (κ2) is 5.62. The van der Waals surface area contributed by atoms with Crippen molar-refractivity contribution in [3.8, 4) is 0 Å². The number of hydrogen-bond acceptors (Lipinski definition) is 3. The Kier molecular flexibility index (Phi) is 4.42. The molecular weight excluding hydrogens is 232 g/mol. The van der Waals surface area contributed by atoms with Crippen molar-refractivity contribution in [2.75, 3.05) is 5.32 Å². The minimum Gasteiger partial charge on any atom is -0.481 e. The number of nitrogens with zero attached hydrogens (tertiary/aromatic N) is 1. The fourth-order valence-corrected chi connectivity index (χ4v) is 1.72. The van der Waals surface area contributed by atoms with Crippen molar-refractivity contribution in [1.82, 2.24) is 4.98 Å². The smallest absolute Gasteiger partial charge is 0.303 e. The first-order valence-corrected chi connectivity index (χ1v) is 5.73. The van der Waals surface area contributed by atoms with Gasteiger partial charge < -0.3 is 10.4 Å². The quantitative estimate of drug-likeness (QED) is 0.839. The molecule has 0 spiro atoms. The second-order valence-electron chi connectivity index (χ2n) is 5.10. The molecule has 5 nitrogen and oxygen atoms in total. The van der Waals surface area contributed by atoms with Gasteiger partial charge in [-0.3, -0.25) is 14.6 Å². The van der Waals surface area contributed by atoms with Crippen LogP contribution in [0.4, 0.5) is 5.69 Å². The lowest BCUT2D eigenvalue weighted by Crippen LogP contribution is -2.25. The molecule has 98 valence electrons. The molecule has 0 aliphatic rings. The van der Waals surface area contributed by atoms with E-state index < -0.39 is 11.4 Å². The zero-order chi connectivity index (χ0) is 13.8. The van der Waals surface area contributed by atoms with Crippen molar-refractivity contribution in [3.63, 3.8) is 0 Å². The number of carbonyl (C=O) groups is 2. The van der Waals surface area contributed by atoms with Crippen LogP contribution in [0.2, 0.25) is 0 Å². The lowest BCUT2D eigenvalue weighted by molar-refractivity contribution is -0.139. The summed E-state index contributed by atoms with van der Waals surface area (Å²) in [5.74, 6) is -1.09. The number of aliphatic carboxylic acids is 1. The average Bonchev–Trinajstić information content (AvgIpc) is 2.18. The summed E-state index contributed by atoms with van der Waals surface area (Å²) in [5, 5.41) is 11.5. The summed E-state index contributed by atoms with van der Waals surface area (Å²) in [6.45, 7) is 5.33. The summed E-state index contributed by atoms with van der Waals surface area (Å²) in [4.78, 5) is 26.6. The summed E-state index contributed by atoms with van der Waals surface area (Å²) in [6, 6.07) is 3.51. The number of aromatic nitrogens is 1. The van der Waals surface area contributed by atoms with Gasteiger partial charge in [0.25, 0.3) is 0 Å². The maximum atomic E-state index is 11.8. The fraction of sp³-hybridized carbons (Fsp3) is 0.462. The molecule has 0 atom stereocenters. The van der Waals surface area contributed by atoms with Crippen LogP contribution >= 0.6 is 0 Å². The summed E-state index contributed by atoms with van der Waals surface area (Å²) in [5.41, 5.74) is 0.835. The van der Waals surface area contributed by atoms with Gasteiger partial charge >= 0.3 is 5.97 Å². The van der Waals surface area contributed by atoms with Gasteiger partial charge in [-0.05, 0) is 24.5 Å². The monoisotopic (exact) mass is 250 g/mol. The molecule has 0 aliphatic carbocycles. The number of anilines is 1. The highest BCUT2D eigenvalue weighted by Gasteiger charge is 2.25. The first-order chi connectivity index (χ1) is 8.30. The Balaban J connectivity index is 2.62. The normalized spacial score (nSPS) is 11.1. The first-order valence-electron chi connectivity index (χ1n) is 5.73. The van der Waals surface area contributed by atoms with Crippen molar-refractivity contribution in [2.24, 2.45) is 5.41 Å². The molecule has 0 saturated heterocycles. The largest absolute Gasteiger partial charge is 0.481 e. The molecule has 0 aromatic carbocycles. The SMILES string of the molecule is Cc1ncccc1NC(=O)CC(C)(C)CC(=O)O. The second-order valence-corrected chi connectivity index (χ2v) is 5.10. The topological polar surface area (TPSA) is 79.3 Å². The number of hydrogen-bond donors (Lipinski definition) is 2. The third-order valence-corrected chi connectivity index (χ3v) is 2.55. The molecule has 0 unspecified atom stereocenters. The molecule has 0 aliphatic heterocycles. The van der Waals surface area contributed by atoms with E-state index in [4.69, 9.17) is 5.11 Å². The van der Waals surface area contributed by atoms with Gasteiger partial charge in [-0.2, -0.15) is 0 Å². The maximum absolute atomic E-state index is 11.8. The third kappa shape index (κ3) is 4.53. The van der Waals surface area contributed by atoms with E-state index in [1.54, 1.807) is 39.1 Å². The highest BCUT2D eigenvalue weighted by Crippen LogP contribution is 2.25. The minimum atomic E-state index is -0.898. The molecule has 1 aromatic heterocycles. The van der Waals surface area contributed by atoms with Crippen LogP contribution in [0.1, 0.15) is 32.4 Å². The molecule has 18 heavy (non-hydrogen) atoms. The van der Waals surface area contributed by atoms with E-state index in [1.165, 1.54) is 0 Å². The van der Waals surface area contributed by atoms with Gasteiger partial charge in [0.05, 0.1) is 17.8 Å². The van der Waals surface area contributed by atoms with Crippen molar-refractivity contribution < 1.29 is 14.7 Å². The number of carboxylic acid groups (broad SMARTS) is 1. The molecule has 1 heterocycles. The Morgan fingerprint density at radius 1 is 1.39 bits per heavy atom. The summed E-state index contributed by atoms with van der Waals surface area (Å²) in [6.07, 6.45) is 1.78. The van der Waals surface area contributed by atoms with E-state index in [1.807, 2.05) is 0 Å². The fourth-order valence-electron chi connectivity index (χ4n) is 1.72. The van der Waals surface area contributed by atoms with Gasteiger partial charge in [-0.25, -0.2) is 0 Å². The first kappa shape index (κ1) is 14.2. The number of nitrogens with one attached hydrogen (secondary N) is 1. The summed E-state index contributed by atoms with van der Waals surface area (Å²) in [7, 11) is 0. The van der Waals surface area contributed by atoms with E-state index in [0.717, 1.165) is 5.69 Å². The van der Waals surface area contributed by atoms with Gasteiger partial charge in [-0.1, -0.05) is 13.8 Å². The molecule has 5 heteroatoms. The Bertz CT molecular complexity index is 455. The average molecular weight is 250 g/mol. The number of carboxylic acids is 1. The zero-order valence-corrected chi connectivity index (χ0v) is 10.9. The number of carbonyl (C=O) groups excluding carboxylic acids is 1. The Labute approximate surface area is 106 Å². The molecule has 1 amide bonds. The van der Waals surface area contributed by atoms with Crippen molar-refractivity contribution in [1.29, 1.82) is 0 Å². The lowest BCUT2D eigenvalue weighted by atomic mass is 9.85. The van der Waals surface area contributed by atoms with Crippen LogP contribution in [0.5, 0.6) is 0 Å². The van der Waals surface area contributed by atoms with Crippen LogP contribution in [0.25, 0.3) is 0 Å².